The number of hydrogen-bond acceptors (Lipinski definition) is 2. The molecule has 0 fully saturated rings. The number of ether oxygens (including phenoxy) is 1. The quantitative estimate of drug-likeness (QED) is 0.0991. The smallest absolute Gasteiger partial charge is 0.305 e. The lowest BCUT2D eigenvalue weighted by Crippen LogP contribution is -2.05. The summed E-state index contributed by atoms with van der Waals surface area (Å²) in [5.41, 5.74) is 0. The Labute approximate surface area is 196 Å². The molecule has 0 amide bonds. The van der Waals surface area contributed by atoms with Crippen LogP contribution in [0.5, 0.6) is 0 Å². The first kappa shape index (κ1) is 30.5. The van der Waals surface area contributed by atoms with Crippen LogP contribution in [-0.2, 0) is 9.53 Å². The predicted octanol–water partition coefficient (Wildman–Crippen LogP) is 10.3. The molecule has 0 saturated carbocycles. The molecule has 0 aromatic heterocycles. The van der Waals surface area contributed by atoms with Crippen LogP contribution in [-0.4, -0.2) is 12.6 Å². The molecule has 2 heteroatoms. The number of hydrogen-bond donors (Lipinski definition) is 0. The van der Waals surface area contributed by atoms with Gasteiger partial charge in [-0.05, 0) is 12.8 Å². The zero-order valence-corrected chi connectivity index (χ0v) is 21.7. The highest BCUT2D eigenvalue weighted by molar-refractivity contribution is 5.69. The Morgan fingerprint density at radius 1 is 0.419 bits per heavy atom. The summed E-state index contributed by atoms with van der Waals surface area (Å²) < 4.78 is 5.39. The van der Waals surface area contributed by atoms with Crippen molar-refractivity contribution in [1.82, 2.24) is 0 Å². The summed E-state index contributed by atoms with van der Waals surface area (Å²) in [5, 5.41) is 0. The summed E-state index contributed by atoms with van der Waals surface area (Å²) in [6.45, 7) is 5.18. The highest BCUT2D eigenvalue weighted by Crippen LogP contribution is 2.14. The second kappa shape index (κ2) is 27.5. The van der Waals surface area contributed by atoms with Crippen LogP contribution in [0.25, 0.3) is 0 Å². The maximum atomic E-state index is 11.8. The van der Waals surface area contributed by atoms with Gasteiger partial charge in [0.2, 0.25) is 0 Å². The first-order chi connectivity index (χ1) is 15.3. The van der Waals surface area contributed by atoms with Crippen molar-refractivity contribution in [2.24, 2.45) is 0 Å². The molecule has 0 unspecified atom stereocenters. The topological polar surface area (TPSA) is 26.3 Å². The molecule has 0 aliphatic heterocycles. The standard InChI is InChI=1S/C29H58O2/c1-3-5-7-9-11-13-14-15-16-17-18-20-22-24-26-28-31-29(30)27-25-23-21-19-12-10-8-6-4-2/h3-28H2,1-2H3. The van der Waals surface area contributed by atoms with Gasteiger partial charge in [0.1, 0.15) is 0 Å². The van der Waals surface area contributed by atoms with Gasteiger partial charge in [0.15, 0.2) is 0 Å². The zero-order chi connectivity index (χ0) is 22.7. The molecule has 186 valence electrons. The minimum absolute atomic E-state index is 0.0216. The minimum Gasteiger partial charge on any atom is -0.466 e. The molecule has 0 atom stereocenters. The van der Waals surface area contributed by atoms with Gasteiger partial charge < -0.3 is 4.74 Å². The Hall–Kier alpha value is -0.530. The molecule has 0 bridgehead atoms. The lowest BCUT2D eigenvalue weighted by molar-refractivity contribution is -0.143. The Morgan fingerprint density at radius 2 is 0.710 bits per heavy atom. The average Bonchev–Trinajstić information content (AvgIpc) is 2.77. The highest BCUT2D eigenvalue weighted by Gasteiger charge is 2.02. The van der Waals surface area contributed by atoms with E-state index in [-0.39, 0.29) is 5.97 Å². The lowest BCUT2D eigenvalue weighted by atomic mass is 10.0. The number of esters is 1. The van der Waals surface area contributed by atoms with Gasteiger partial charge in [-0.2, -0.15) is 0 Å². The first-order valence-electron chi connectivity index (χ1n) is 14.5. The van der Waals surface area contributed by atoms with Crippen LogP contribution in [0.15, 0.2) is 0 Å². The molecule has 0 aliphatic rings. The average molecular weight is 439 g/mol. The van der Waals surface area contributed by atoms with Crippen molar-refractivity contribution < 1.29 is 9.53 Å². The van der Waals surface area contributed by atoms with Gasteiger partial charge in [-0.15, -0.1) is 0 Å². The van der Waals surface area contributed by atoms with Crippen molar-refractivity contribution in [2.45, 2.75) is 174 Å². The van der Waals surface area contributed by atoms with Gasteiger partial charge in [0.25, 0.3) is 0 Å². The van der Waals surface area contributed by atoms with E-state index in [1.807, 2.05) is 0 Å². The molecule has 2 nitrogen and oxygen atoms in total. The first-order valence-corrected chi connectivity index (χ1v) is 14.5. The highest BCUT2D eigenvalue weighted by atomic mass is 16.5. The summed E-state index contributed by atoms with van der Waals surface area (Å²) in [6, 6.07) is 0. The molecular formula is C29H58O2. The largest absolute Gasteiger partial charge is 0.466 e. The van der Waals surface area contributed by atoms with Crippen molar-refractivity contribution >= 4 is 5.97 Å². The molecule has 0 rings (SSSR count). The van der Waals surface area contributed by atoms with E-state index in [1.54, 1.807) is 0 Å². The van der Waals surface area contributed by atoms with Gasteiger partial charge in [0.05, 0.1) is 6.61 Å². The van der Waals surface area contributed by atoms with Crippen LogP contribution in [0.1, 0.15) is 174 Å². The molecular weight excluding hydrogens is 380 g/mol. The van der Waals surface area contributed by atoms with E-state index in [0.29, 0.717) is 13.0 Å². The van der Waals surface area contributed by atoms with Gasteiger partial charge in [0, 0.05) is 6.42 Å². The Morgan fingerprint density at radius 3 is 1.06 bits per heavy atom. The van der Waals surface area contributed by atoms with E-state index in [0.717, 1.165) is 12.8 Å². The number of carbonyl (C=O) groups excluding carboxylic acids is 1. The van der Waals surface area contributed by atoms with Gasteiger partial charge >= 0.3 is 5.97 Å². The maximum absolute atomic E-state index is 11.8. The van der Waals surface area contributed by atoms with Crippen molar-refractivity contribution in [2.75, 3.05) is 6.61 Å². The van der Waals surface area contributed by atoms with Crippen LogP contribution in [0.4, 0.5) is 0 Å². The van der Waals surface area contributed by atoms with Crippen molar-refractivity contribution in [3.63, 3.8) is 0 Å². The molecule has 0 aromatic rings. The van der Waals surface area contributed by atoms with E-state index in [9.17, 15) is 4.79 Å². The maximum Gasteiger partial charge on any atom is 0.305 e. The third-order valence-corrected chi connectivity index (χ3v) is 6.50. The summed E-state index contributed by atoms with van der Waals surface area (Å²) in [4.78, 5) is 11.8. The second-order valence-electron chi connectivity index (χ2n) is 9.75. The molecule has 0 aromatic carbocycles. The summed E-state index contributed by atoms with van der Waals surface area (Å²) in [6.07, 6.45) is 32.8. The van der Waals surface area contributed by atoms with E-state index >= 15 is 0 Å². The molecule has 0 aliphatic carbocycles. The Balaban J connectivity index is 3.12. The molecule has 0 N–H and O–H groups in total. The molecule has 31 heavy (non-hydrogen) atoms. The lowest BCUT2D eigenvalue weighted by Gasteiger charge is -2.06. The van der Waals surface area contributed by atoms with Crippen LogP contribution in [0.3, 0.4) is 0 Å². The number of carbonyl (C=O) groups is 1. The summed E-state index contributed by atoms with van der Waals surface area (Å²) >= 11 is 0. The fourth-order valence-electron chi connectivity index (χ4n) is 4.31. The summed E-state index contributed by atoms with van der Waals surface area (Å²) in [7, 11) is 0. The normalized spacial score (nSPS) is 11.2. The van der Waals surface area contributed by atoms with Gasteiger partial charge in [-0.3, -0.25) is 4.79 Å². The molecule has 0 heterocycles. The van der Waals surface area contributed by atoms with E-state index < -0.39 is 0 Å². The monoisotopic (exact) mass is 438 g/mol. The molecule has 0 saturated heterocycles. The van der Waals surface area contributed by atoms with Crippen molar-refractivity contribution in [3.05, 3.63) is 0 Å². The van der Waals surface area contributed by atoms with Crippen molar-refractivity contribution in [1.29, 1.82) is 0 Å². The second-order valence-corrected chi connectivity index (χ2v) is 9.75. The zero-order valence-electron chi connectivity index (χ0n) is 21.7. The van der Waals surface area contributed by atoms with Crippen LogP contribution in [0, 0.1) is 0 Å². The third kappa shape index (κ3) is 27.4. The van der Waals surface area contributed by atoms with Gasteiger partial charge in [-0.25, -0.2) is 0 Å². The van der Waals surface area contributed by atoms with Crippen molar-refractivity contribution in [3.8, 4) is 0 Å². The number of unbranched alkanes of at least 4 members (excludes halogenated alkanes) is 22. The van der Waals surface area contributed by atoms with Crippen LogP contribution in [0.2, 0.25) is 0 Å². The Bertz CT molecular complexity index is 340. The van der Waals surface area contributed by atoms with E-state index in [4.69, 9.17) is 4.74 Å². The predicted molar refractivity (Wildman–Crippen MR) is 138 cm³/mol. The summed E-state index contributed by atoms with van der Waals surface area (Å²) in [5.74, 6) is 0.0216. The molecule has 0 spiro atoms. The fourth-order valence-corrected chi connectivity index (χ4v) is 4.31. The Kier molecular flexibility index (Phi) is 27.0. The van der Waals surface area contributed by atoms with Crippen LogP contribution >= 0.6 is 0 Å². The minimum atomic E-state index is 0.0216. The third-order valence-electron chi connectivity index (χ3n) is 6.50. The molecule has 0 radical (unpaired) electrons. The van der Waals surface area contributed by atoms with E-state index in [2.05, 4.69) is 13.8 Å². The SMILES string of the molecule is CCCCCCCCCCCCCCCCCOC(=O)CCCCCCCCCCC. The number of rotatable bonds is 26. The van der Waals surface area contributed by atoms with Crippen LogP contribution < -0.4 is 0 Å². The fraction of sp³-hybridized carbons (Fsp3) is 0.966. The van der Waals surface area contributed by atoms with E-state index in [1.165, 1.54) is 141 Å². The van der Waals surface area contributed by atoms with Gasteiger partial charge in [-0.1, -0.05) is 155 Å².